The summed E-state index contributed by atoms with van der Waals surface area (Å²) in [6.07, 6.45) is 1.22. The maximum absolute atomic E-state index is 12.2. The van der Waals surface area contributed by atoms with Crippen LogP contribution < -0.4 is 4.72 Å². The Morgan fingerprint density at radius 1 is 1.38 bits per heavy atom. The fourth-order valence-electron chi connectivity index (χ4n) is 1.67. The number of aromatic carboxylic acids is 1. The summed E-state index contributed by atoms with van der Waals surface area (Å²) in [5, 5.41) is 9.17. The summed E-state index contributed by atoms with van der Waals surface area (Å²) in [6.45, 7) is 0. The molecule has 0 unspecified atom stereocenters. The van der Waals surface area contributed by atoms with Crippen LogP contribution in [0.25, 0.3) is 0 Å². The van der Waals surface area contributed by atoms with E-state index in [9.17, 15) is 13.2 Å². The topological polar surface area (TPSA) is 88.4 Å². The van der Waals surface area contributed by atoms with Gasteiger partial charge in [0, 0.05) is 17.7 Å². The van der Waals surface area contributed by atoms with E-state index in [0.717, 1.165) is 6.07 Å². The average molecular weight is 394 g/mol. The first-order chi connectivity index (χ1) is 9.70. The first-order valence-electron chi connectivity index (χ1n) is 5.58. The van der Waals surface area contributed by atoms with Gasteiger partial charge in [0.15, 0.2) is 0 Å². The summed E-state index contributed by atoms with van der Waals surface area (Å²) in [4.78, 5) is 10.8. The molecule has 0 fully saturated rings. The highest BCUT2D eigenvalue weighted by Crippen LogP contribution is 2.28. The SMILES string of the molecule is Cn1cc(S(=O)(=O)Nc2ccc(Br)cc2Cl)cc1C(=O)O. The zero-order valence-corrected chi connectivity index (χ0v) is 13.8. The van der Waals surface area contributed by atoms with Gasteiger partial charge in [0.25, 0.3) is 10.0 Å². The Labute approximate surface area is 134 Å². The number of sulfonamides is 1. The summed E-state index contributed by atoms with van der Waals surface area (Å²) >= 11 is 9.17. The lowest BCUT2D eigenvalue weighted by molar-refractivity contribution is 0.0686. The van der Waals surface area contributed by atoms with Gasteiger partial charge in [-0.1, -0.05) is 27.5 Å². The molecule has 0 atom stereocenters. The van der Waals surface area contributed by atoms with Crippen LogP contribution in [0.15, 0.2) is 39.8 Å². The van der Waals surface area contributed by atoms with Gasteiger partial charge in [0.05, 0.1) is 10.7 Å². The van der Waals surface area contributed by atoms with Crippen LogP contribution >= 0.6 is 27.5 Å². The first-order valence-corrected chi connectivity index (χ1v) is 8.23. The highest BCUT2D eigenvalue weighted by Gasteiger charge is 2.21. The van der Waals surface area contributed by atoms with Crippen LogP contribution in [0.2, 0.25) is 5.02 Å². The molecule has 0 saturated heterocycles. The Morgan fingerprint density at radius 3 is 2.57 bits per heavy atom. The maximum Gasteiger partial charge on any atom is 0.352 e. The molecular weight excluding hydrogens is 384 g/mol. The molecule has 112 valence electrons. The lowest BCUT2D eigenvalue weighted by Crippen LogP contribution is -2.12. The zero-order chi connectivity index (χ0) is 15.8. The fourth-order valence-corrected chi connectivity index (χ4v) is 3.60. The van der Waals surface area contributed by atoms with Crippen molar-refractivity contribution in [2.75, 3.05) is 4.72 Å². The van der Waals surface area contributed by atoms with Crippen LogP contribution in [0.1, 0.15) is 10.5 Å². The lowest BCUT2D eigenvalue weighted by Gasteiger charge is -2.08. The molecule has 0 bridgehead atoms. The van der Waals surface area contributed by atoms with Gasteiger partial charge in [0.1, 0.15) is 10.6 Å². The van der Waals surface area contributed by atoms with Crippen molar-refractivity contribution in [3.05, 3.63) is 45.7 Å². The number of carboxylic acid groups (broad SMARTS) is 1. The molecule has 9 heteroatoms. The van der Waals surface area contributed by atoms with Gasteiger partial charge in [-0.05, 0) is 24.3 Å². The summed E-state index contributed by atoms with van der Waals surface area (Å²) in [6, 6.07) is 5.77. The number of hydrogen-bond acceptors (Lipinski definition) is 3. The van der Waals surface area contributed by atoms with E-state index >= 15 is 0 Å². The minimum atomic E-state index is -3.92. The third kappa shape index (κ3) is 3.39. The quantitative estimate of drug-likeness (QED) is 0.836. The number of carboxylic acids is 1. The van der Waals surface area contributed by atoms with Crippen molar-refractivity contribution in [2.24, 2.45) is 7.05 Å². The molecule has 0 aliphatic heterocycles. The monoisotopic (exact) mass is 392 g/mol. The van der Waals surface area contributed by atoms with Crippen molar-refractivity contribution in [1.29, 1.82) is 0 Å². The average Bonchev–Trinajstić information content (AvgIpc) is 2.76. The molecule has 0 aliphatic carbocycles. The lowest BCUT2D eigenvalue weighted by atomic mass is 10.3. The van der Waals surface area contributed by atoms with Crippen LogP contribution in [0.4, 0.5) is 5.69 Å². The molecular formula is C12H10BrClN2O4S. The number of hydrogen-bond donors (Lipinski definition) is 2. The molecule has 0 saturated carbocycles. The number of nitrogens with one attached hydrogen (secondary N) is 1. The molecule has 0 radical (unpaired) electrons. The molecule has 2 N–H and O–H groups in total. The molecule has 0 aliphatic rings. The van der Waals surface area contributed by atoms with Crippen LogP contribution in [0.5, 0.6) is 0 Å². The summed E-state index contributed by atoms with van der Waals surface area (Å²) < 4.78 is 28.7. The third-order valence-corrected chi connectivity index (χ3v) is 4.82. The summed E-state index contributed by atoms with van der Waals surface area (Å²) in [7, 11) is -2.46. The van der Waals surface area contributed by atoms with Gasteiger partial charge in [-0.15, -0.1) is 0 Å². The highest BCUT2D eigenvalue weighted by atomic mass is 79.9. The Morgan fingerprint density at radius 2 is 2.05 bits per heavy atom. The van der Waals surface area contributed by atoms with E-state index in [1.807, 2.05) is 0 Å². The van der Waals surface area contributed by atoms with Crippen molar-refractivity contribution in [2.45, 2.75) is 4.90 Å². The Balaban J connectivity index is 2.38. The summed E-state index contributed by atoms with van der Waals surface area (Å²) in [5.74, 6) is -1.21. The van der Waals surface area contributed by atoms with Gasteiger partial charge in [-0.2, -0.15) is 0 Å². The van der Waals surface area contributed by atoms with E-state index in [2.05, 4.69) is 20.7 Å². The van der Waals surface area contributed by atoms with Crippen molar-refractivity contribution in [1.82, 2.24) is 4.57 Å². The molecule has 2 rings (SSSR count). The first kappa shape index (κ1) is 15.9. The number of nitrogens with zero attached hydrogens (tertiary/aromatic N) is 1. The zero-order valence-electron chi connectivity index (χ0n) is 10.7. The van der Waals surface area contributed by atoms with Gasteiger partial charge < -0.3 is 9.67 Å². The third-order valence-electron chi connectivity index (χ3n) is 2.68. The van der Waals surface area contributed by atoms with E-state index in [-0.39, 0.29) is 21.3 Å². The summed E-state index contributed by atoms with van der Waals surface area (Å²) in [5.41, 5.74) is 0.0814. The van der Waals surface area contributed by atoms with Crippen LogP contribution in [0.3, 0.4) is 0 Å². The smallest absolute Gasteiger partial charge is 0.352 e. The second-order valence-electron chi connectivity index (χ2n) is 4.21. The van der Waals surface area contributed by atoms with E-state index in [0.29, 0.717) is 4.47 Å². The number of aromatic nitrogens is 1. The van der Waals surface area contributed by atoms with Crippen LogP contribution in [-0.4, -0.2) is 24.1 Å². The molecule has 2 aromatic rings. The van der Waals surface area contributed by atoms with Crippen molar-refractivity contribution in [3.8, 4) is 0 Å². The molecule has 0 spiro atoms. The largest absolute Gasteiger partial charge is 0.477 e. The predicted molar refractivity (Wildman–Crippen MR) is 82.3 cm³/mol. The number of carbonyl (C=O) groups is 1. The normalized spacial score (nSPS) is 11.4. The standard InChI is InChI=1S/C12H10BrClN2O4S/c1-16-6-8(5-11(16)12(17)18)21(19,20)15-10-3-2-7(13)4-9(10)14/h2-6,15H,1H3,(H,17,18). The molecule has 1 aromatic heterocycles. The number of halogens is 2. The van der Waals surface area contributed by atoms with Gasteiger partial charge in [0.2, 0.25) is 0 Å². The fraction of sp³-hybridized carbons (Fsp3) is 0.0833. The predicted octanol–water partition coefficient (Wildman–Crippen LogP) is 2.94. The number of rotatable bonds is 4. The molecule has 6 nitrogen and oxygen atoms in total. The molecule has 1 aromatic carbocycles. The molecule has 0 amide bonds. The Kier molecular flexibility index (Phi) is 4.31. The second kappa shape index (κ2) is 5.70. The van der Waals surface area contributed by atoms with Gasteiger partial charge in [-0.25, -0.2) is 13.2 Å². The van der Waals surface area contributed by atoms with E-state index < -0.39 is 16.0 Å². The minimum absolute atomic E-state index is 0.128. The second-order valence-corrected chi connectivity index (χ2v) is 7.21. The Bertz CT molecular complexity index is 817. The number of anilines is 1. The van der Waals surface area contributed by atoms with Crippen molar-refractivity contribution in [3.63, 3.8) is 0 Å². The number of aryl methyl sites for hydroxylation is 1. The van der Waals surface area contributed by atoms with E-state index in [1.54, 1.807) is 12.1 Å². The van der Waals surface area contributed by atoms with Gasteiger partial charge >= 0.3 is 5.97 Å². The van der Waals surface area contributed by atoms with Crippen molar-refractivity contribution >= 4 is 49.2 Å². The Hall–Kier alpha value is -1.51. The molecule has 1 heterocycles. The highest BCUT2D eigenvalue weighted by molar-refractivity contribution is 9.10. The minimum Gasteiger partial charge on any atom is -0.477 e. The van der Waals surface area contributed by atoms with Crippen molar-refractivity contribution < 1.29 is 18.3 Å². The van der Waals surface area contributed by atoms with E-state index in [1.165, 1.54) is 23.9 Å². The van der Waals surface area contributed by atoms with Crippen LogP contribution in [0, 0.1) is 0 Å². The number of benzene rings is 1. The van der Waals surface area contributed by atoms with Gasteiger partial charge in [-0.3, -0.25) is 4.72 Å². The van der Waals surface area contributed by atoms with Crippen LogP contribution in [-0.2, 0) is 17.1 Å². The molecule has 21 heavy (non-hydrogen) atoms. The van der Waals surface area contributed by atoms with E-state index in [4.69, 9.17) is 16.7 Å². The maximum atomic E-state index is 12.2.